The first-order valence-corrected chi connectivity index (χ1v) is 7.18. The molecule has 1 aromatic rings. The van der Waals surface area contributed by atoms with Crippen molar-refractivity contribution in [3.63, 3.8) is 0 Å². The van der Waals surface area contributed by atoms with Gasteiger partial charge in [-0.2, -0.15) is 0 Å². The van der Waals surface area contributed by atoms with E-state index in [1.807, 2.05) is 12.1 Å². The van der Waals surface area contributed by atoms with Crippen molar-refractivity contribution in [3.05, 3.63) is 23.8 Å². The summed E-state index contributed by atoms with van der Waals surface area (Å²) < 4.78 is 10.5. The van der Waals surface area contributed by atoms with E-state index in [1.54, 1.807) is 14.2 Å². The summed E-state index contributed by atoms with van der Waals surface area (Å²) in [6.45, 7) is 4.05. The maximum Gasteiger partial charge on any atom is 0.161 e. The van der Waals surface area contributed by atoms with E-state index in [-0.39, 0.29) is 0 Å². The Morgan fingerprint density at radius 3 is 2.56 bits per heavy atom. The Balaban J connectivity index is 2.43. The second kappa shape index (κ2) is 8.38. The summed E-state index contributed by atoms with van der Waals surface area (Å²) in [6, 6.07) is 6.01. The van der Waals surface area contributed by atoms with Crippen molar-refractivity contribution in [2.24, 2.45) is 0 Å². The molecule has 3 nitrogen and oxygen atoms in total. The molecule has 18 heavy (non-hydrogen) atoms. The van der Waals surface area contributed by atoms with Crippen molar-refractivity contribution in [1.82, 2.24) is 5.32 Å². The van der Waals surface area contributed by atoms with Crippen LogP contribution in [0.2, 0.25) is 0 Å². The lowest BCUT2D eigenvalue weighted by Gasteiger charge is -2.11. The lowest BCUT2D eigenvalue weighted by atomic mass is 10.2. The van der Waals surface area contributed by atoms with Gasteiger partial charge in [0.25, 0.3) is 0 Å². The fourth-order valence-electron chi connectivity index (χ4n) is 1.69. The summed E-state index contributed by atoms with van der Waals surface area (Å²) in [7, 11) is 3.31. The van der Waals surface area contributed by atoms with Gasteiger partial charge < -0.3 is 14.8 Å². The highest BCUT2D eigenvalue weighted by atomic mass is 79.9. The number of hydrogen-bond acceptors (Lipinski definition) is 3. The van der Waals surface area contributed by atoms with Crippen molar-refractivity contribution < 1.29 is 9.47 Å². The van der Waals surface area contributed by atoms with Gasteiger partial charge in [-0.3, -0.25) is 0 Å². The number of hydrogen-bond donors (Lipinski definition) is 1. The van der Waals surface area contributed by atoms with Gasteiger partial charge in [0, 0.05) is 11.4 Å². The second-order valence-electron chi connectivity index (χ2n) is 4.16. The van der Waals surface area contributed by atoms with E-state index in [2.05, 4.69) is 34.2 Å². The van der Waals surface area contributed by atoms with E-state index in [0.717, 1.165) is 37.4 Å². The first-order chi connectivity index (χ1) is 8.71. The summed E-state index contributed by atoms with van der Waals surface area (Å²) in [5, 5.41) is 3.43. The Labute approximate surface area is 118 Å². The molecule has 4 heteroatoms. The standard InChI is InChI=1S/C14H22BrNO2/c1-4-12(15)7-8-16-10-11-5-6-13(17-2)14(9-11)18-3/h5-6,9,12,16H,4,7-8,10H2,1-3H3. The van der Waals surface area contributed by atoms with Crippen molar-refractivity contribution in [2.45, 2.75) is 31.1 Å². The minimum absolute atomic E-state index is 0.607. The van der Waals surface area contributed by atoms with Crippen LogP contribution in [0.5, 0.6) is 11.5 Å². The Morgan fingerprint density at radius 2 is 1.94 bits per heavy atom. The molecule has 1 N–H and O–H groups in total. The number of rotatable bonds is 8. The molecule has 0 saturated carbocycles. The molecular weight excluding hydrogens is 294 g/mol. The number of benzene rings is 1. The van der Waals surface area contributed by atoms with Crippen LogP contribution >= 0.6 is 15.9 Å². The van der Waals surface area contributed by atoms with Gasteiger partial charge in [0.15, 0.2) is 11.5 Å². The summed E-state index contributed by atoms with van der Waals surface area (Å²) in [6.07, 6.45) is 2.31. The molecule has 0 aliphatic heterocycles. The number of nitrogens with one attached hydrogen (secondary N) is 1. The molecular formula is C14H22BrNO2. The Morgan fingerprint density at radius 1 is 1.22 bits per heavy atom. The average Bonchev–Trinajstić information content (AvgIpc) is 2.42. The van der Waals surface area contributed by atoms with Crippen LogP contribution in [0.25, 0.3) is 0 Å². The summed E-state index contributed by atoms with van der Waals surface area (Å²) in [5.41, 5.74) is 1.20. The minimum Gasteiger partial charge on any atom is -0.493 e. The average molecular weight is 316 g/mol. The molecule has 0 fully saturated rings. The van der Waals surface area contributed by atoms with E-state index in [9.17, 15) is 0 Å². The van der Waals surface area contributed by atoms with Gasteiger partial charge in [0.2, 0.25) is 0 Å². The minimum atomic E-state index is 0.607. The first-order valence-electron chi connectivity index (χ1n) is 6.27. The monoisotopic (exact) mass is 315 g/mol. The predicted octanol–water partition coefficient (Wildman–Crippen LogP) is 3.36. The zero-order valence-electron chi connectivity index (χ0n) is 11.3. The van der Waals surface area contributed by atoms with Crippen LogP contribution in [0, 0.1) is 0 Å². The third-order valence-corrected chi connectivity index (χ3v) is 3.96. The van der Waals surface area contributed by atoms with Gasteiger partial charge in [-0.15, -0.1) is 0 Å². The molecule has 0 radical (unpaired) electrons. The molecule has 1 atom stereocenters. The molecule has 0 bridgehead atoms. The van der Waals surface area contributed by atoms with E-state index in [0.29, 0.717) is 4.83 Å². The highest BCUT2D eigenvalue weighted by Crippen LogP contribution is 2.27. The fourth-order valence-corrected chi connectivity index (χ4v) is 1.92. The number of methoxy groups -OCH3 is 2. The first kappa shape index (κ1) is 15.3. The topological polar surface area (TPSA) is 30.5 Å². The van der Waals surface area contributed by atoms with Crippen LogP contribution in [-0.4, -0.2) is 25.6 Å². The summed E-state index contributed by atoms with van der Waals surface area (Å²) >= 11 is 3.63. The van der Waals surface area contributed by atoms with Crippen LogP contribution in [0.1, 0.15) is 25.3 Å². The van der Waals surface area contributed by atoms with E-state index < -0.39 is 0 Å². The van der Waals surface area contributed by atoms with Crippen LogP contribution in [-0.2, 0) is 6.54 Å². The zero-order valence-corrected chi connectivity index (χ0v) is 12.9. The highest BCUT2D eigenvalue weighted by molar-refractivity contribution is 9.09. The molecule has 0 aromatic heterocycles. The molecule has 0 spiro atoms. The van der Waals surface area contributed by atoms with Crippen molar-refractivity contribution in [2.75, 3.05) is 20.8 Å². The second-order valence-corrected chi connectivity index (χ2v) is 5.46. The van der Waals surface area contributed by atoms with Gasteiger partial charge in [0.1, 0.15) is 0 Å². The Kier molecular flexibility index (Phi) is 7.13. The molecule has 0 amide bonds. The smallest absolute Gasteiger partial charge is 0.161 e. The van der Waals surface area contributed by atoms with Gasteiger partial charge in [-0.25, -0.2) is 0 Å². The molecule has 1 aromatic carbocycles. The largest absolute Gasteiger partial charge is 0.493 e. The van der Waals surface area contributed by atoms with Gasteiger partial charge in [-0.05, 0) is 37.1 Å². The maximum absolute atomic E-state index is 5.28. The Hall–Kier alpha value is -0.740. The predicted molar refractivity (Wildman–Crippen MR) is 78.9 cm³/mol. The lowest BCUT2D eigenvalue weighted by molar-refractivity contribution is 0.354. The van der Waals surface area contributed by atoms with E-state index in [1.165, 1.54) is 5.56 Å². The third kappa shape index (κ3) is 4.86. The van der Waals surface area contributed by atoms with Gasteiger partial charge >= 0.3 is 0 Å². The third-order valence-electron chi connectivity index (χ3n) is 2.85. The Bertz CT molecular complexity index is 358. The number of ether oxygens (including phenoxy) is 2. The molecule has 0 saturated heterocycles. The van der Waals surface area contributed by atoms with Gasteiger partial charge in [0.05, 0.1) is 14.2 Å². The van der Waals surface area contributed by atoms with Crippen molar-refractivity contribution in [1.29, 1.82) is 0 Å². The van der Waals surface area contributed by atoms with Crippen molar-refractivity contribution >= 4 is 15.9 Å². The number of halogens is 1. The zero-order chi connectivity index (χ0) is 13.4. The van der Waals surface area contributed by atoms with E-state index >= 15 is 0 Å². The maximum atomic E-state index is 5.28. The van der Waals surface area contributed by atoms with Crippen LogP contribution in [0.4, 0.5) is 0 Å². The molecule has 102 valence electrons. The molecule has 0 aliphatic rings. The fraction of sp³-hybridized carbons (Fsp3) is 0.571. The SMILES string of the molecule is CCC(Br)CCNCc1ccc(OC)c(OC)c1. The summed E-state index contributed by atoms with van der Waals surface area (Å²) in [4.78, 5) is 0.607. The summed E-state index contributed by atoms with van der Waals surface area (Å²) in [5.74, 6) is 1.55. The van der Waals surface area contributed by atoms with E-state index in [4.69, 9.17) is 9.47 Å². The number of alkyl halides is 1. The quantitative estimate of drug-likeness (QED) is 0.589. The molecule has 1 unspecified atom stereocenters. The van der Waals surface area contributed by atoms with Crippen LogP contribution in [0.15, 0.2) is 18.2 Å². The normalized spacial score (nSPS) is 12.2. The lowest BCUT2D eigenvalue weighted by Crippen LogP contribution is -2.17. The van der Waals surface area contributed by atoms with Crippen LogP contribution < -0.4 is 14.8 Å². The highest BCUT2D eigenvalue weighted by Gasteiger charge is 2.04. The van der Waals surface area contributed by atoms with Gasteiger partial charge in [-0.1, -0.05) is 28.9 Å². The molecule has 1 rings (SSSR count). The van der Waals surface area contributed by atoms with Crippen LogP contribution in [0.3, 0.4) is 0 Å². The molecule has 0 aliphatic carbocycles. The molecule has 0 heterocycles. The van der Waals surface area contributed by atoms with Crippen molar-refractivity contribution in [3.8, 4) is 11.5 Å².